The minimum Gasteiger partial charge on any atom is -0.508 e. The quantitative estimate of drug-likeness (QED) is 0.514. The Balaban J connectivity index is 1.98. The number of aryl methyl sites for hydroxylation is 1. The summed E-state index contributed by atoms with van der Waals surface area (Å²) in [5.41, 5.74) is 1.48. The largest absolute Gasteiger partial charge is 0.508 e. The van der Waals surface area contributed by atoms with Gasteiger partial charge in [-0.2, -0.15) is 9.78 Å². The fourth-order valence-electron chi connectivity index (χ4n) is 2.06. The van der Waals surface area contributed by atoms with E-state index in [2.05, 4.69) is 15.3 Å². The molecular formula is C16H14N4O4S. The summed E-state index contributed by atoms with van der Waals surface area (Å²) in [5, 5.41) is 31.1. The first-order chi connectivity index (χ1) is 12.0. The number of carboxylic acids is 1. The van der Waals surface area contributed by atoms with Crippen LogP contribution < -0.4 is 0 Å². The number of aromatic nitrogens is 3. The number of carbonyl (C=O) groups is 1. The Hall–Kier alpha value is -3.07. The SMILES string of the molecule is Cc1occc1-c1nnc(SCC(=O)O)n1/N=C/c1ccc(O)cc1. The summed E-state index contributed by atoms with van der Waals surface area (Å²) in [5.74, 6) is 0.159. The average Bonchev–Trinajstić information content (AvgIpc) is 3.18. The molecule has 0 aliphatic heterocycles. The third kappa shape index (κ3) is 3.89. The lowest BCUT2D eigenvalue weighted by Gasteiger charge is -2.03. The zero-order chi connectivity index (χ0) is 17.8. The minimum atomic E-state index is -0.955. The Bertz CT molecular complexity index is 915. The topological polar surface area (TPSA) is 114 Å². The van der Waals surface area contributed by atoms with Crippen molar-refractivity contribution >= 4 is 23.9 Å². The predicted octanol–water partition coefficient (Wildman–Crippen LogP) is 2.61. The Morgan fingerprint density at radius 2 is 2.08 bits per heavy atom. The van der Waals surface area contributed by atoms with Gasteiger partial charge in [-0.3, -0.25) is 4.79 Å². The van der Waals surface area contributed by atoms with Crippen LogP contribution in [0.3, 0.4) is 0 Å². The van der Waals surface area contributed by atoms with Crippen molar-refractivity contribution in [1.29, 1.82) is 0 Å². The van der Waals surface area contributed by atoms with Gasteiger partial charge in [-0.15, -0.1) is 10.2 Å². The molecule has 0 aliphatic carbocycles. The Kier molecular flexibility index (Phi) is 4.85. The molecule has 3 aromatic rings. The van der Waals surface area contributed by atoms with Crippen molar-refractivity contribution in [1.82, 2.24) is 14.9 Å². The highest BCUT2D eigenvalue weighted by molar-refractivity contribution is 7.99. The van der Waals surface area contributed by atoms with E-state index in [0.717, 1.165) is 22.9 Å². The van der Waals surface area contributed by atoms with Gasteiger partial charge in [0.25, 0.3) is 0 Å². The van der Waals surface area contributed by atoms with Gasteiger partial charge < -0.3 is 14.6 Å². The summed E-state index contributed by atoms with van der Waals surface area (Å²) >= 11 is 1.02. The van der Waals surface area contributed by atoms with E-state index in [-0.39, 0.29) is 11.5 Å². The number of nitrogens with zero attached hydrogens (tertiary/aromatic N) is 4. The van der Waals surface area contributed by atoms with Crippen LogP contribution in [0.2, 0.25) is 0 Å². The second-order valence-corrected chi connectivity index (χ2v) is 5.97. The number of rotatable bonds is 6. The number of aliphatic carboxylic acids is 1. The number of aromatic hydroxyl groups is 1. The van der Waals surface area contributed by atoms with Crippen molar-refractivity contribution < 1.29 is 19.4 Å². The molecule has 2 heterocycles. The summed E-state index contributed by atoms with van der Waals surface area (Å²) in [7, 11) is 0. The summed E-state index contributed by atoms with van der Waals surface area (Å²) in [4.78, 5) is 10.8. The van der Waals surface area contributed by atoms with Crippen LogP contribution in [-0.4, -0.2) is 43.0 Å². The van der Waals surface area contributed by atoms with E-state index in [1.807, 2.05) is 0 Å². The highest BCUT2D eigenvalue weighted by Crippen LogP contribution is 2.27. The molecule has 0 unspecified atom stereocenters. The molecule has 0 aliphatic rings. The first-order valence-corrected chi connectivity index (χ1v) is 8.21. The lowest BCUT2D eigenvalue weighted by atomic mass is 10.2. The van der Waals surface area contributed by atoms with Gasteiger partial charge in [0.15, 0.2) is 5.82 Å². The van der Waals surface area contributed by atoms with E-state index in [4.69, 9.17) is 9.52 Å². The van der Waals surface area contributed by atoms with E-state index >= 15 is 0 Å². The van der Waals surface area contributed by atoms with E-state index in [1.54, 1.807) is 43.5 Å². The molecule has 0 spiro atoms. The lowest BCUT2D eigenvalue weighted by molar-refractivity contribution is -0.133. The van der Waals surface area contributed by atoms with Crippen molar-refractivity contribution in [3.05, 3.63) is 47.9 Å². The highest BCUT2D eigenvalue weighted by Gasteiger charge is 2.18. The molecule has 9 heteroatoms. The van der Waals surface area contributed by atoms with Crippen molar-refractivity contribution in [2.45, 2.75) is 12.1 Å². The van der Waals surface area contributed by atoms with Gasteiger partial charge in [-0.25, -0.2) is 0 Å². The van der Waals surface area contributed by atoms with Gasteiger partial charge in [0, 0.05) is 0 Å². The van der Waals surface area contributed by atoms with Crippen LogP contribution in [0, 0.1) is 6.92 Å². The van der Waals surface area contributed by atoms with Crippen molar-refractivity contribution in [3.63, 3.8) is 0 Å². The van der Waals surface area contributed by atoms with Gasteiger partial charge in [0.1, 0.15) is 11.5 Å². The second-order valence-electron chi connectivity index (χ2n) is 5.03. The van der Waals surface area contributed by atoms with E-state index in [0.29, 0.717) is 16.7 Å². The fraction of sp³-hybridized carbons (Fsp3) is 0.125. The average molecular weight is 358 g/mol. The van der Waals surface area contributed by atoms with Crippen LogP contribution in [0.15, 0.2) is 51.3 Å². The first-order valence-electron chi connectivity index (χ1n) is 7.22. The second kappa shape index (κ2) is 7.22. The summed E-state index contributed by atoms with van der Waals surface area (Å²) in [6.07, 6.45) is 3.12. The third-order valence-corrected chi connectivity index (χ3v) is 4.16. The Labute approximate surface area is 146 Å². The van der Waals surface area contributed by atoms with Crippen molar-refractivity contribution in [2.75, 3.05) is 5.75 Å². The number of phenolic OH excluding ortho intramolecular Hbond substituents is 1. The van der Waals surface area contributed by atoms with Gasteiger partial charge in [-0.1, -0.05) is 11.8 Å². The standard InChI is InChI=1S/C16H14N4O4S/c1-10-13(6-7-24-10)15-18-19-16(25-9-14(22)23)20(15)17-8-11-2-4-12(21)5-3-11/h2-8,21H,9H2,1H3,(H,22,23)/b17-8+. The molecule has 0 amide bonds. The fourth-order valence-corrected chi connectivity index (χ4v) is 2.66. The van der Waals surface area contributed by atoms with Gasteiger partial charge in [-0.05, 0) is 42.8 Å². The molecule has 128 valence electrons. The zero-order valence-corrected chi connectivity index (χ0v) is 14.0. The van der Waals surface area contributed by atoms with Crippen molar-refractivity contribution in [2.24, 2.45) is 5.10 Å². The molecule has 25 heavy (non-hydrogen) atoms. The monoisotopic (exact) mass is 358 g/mol. The number of phenols is 1. The Morgan fingerprint density at radius 1 is 1.32 bits per heavy atom. The third-order valence-electron chi connectivity index (χ3n) is 3.25. The smallest absolute Gasteiger partial charge is 0.313 e. The number of hydrogen-bond acceptors (Lipinski definition) is 7. The number of carboxylic acid groups (broad SMARTS) is 1. The normalized spacial score (nSPS) is 11.2. The Morgan fingerprint density at radius 3 is 2.72 bits per heavy atom. The molecule has 0 atom stereocenters. The maximum atomic E-state index is 10.8. The summed E-state index contributed by atoms with van der Waals surface area (Å²) in [6.45, 7) is 1.79. The zero-order valence-electron chi connectivity index (χ0n) is 13.2. The summed E-state index contributed by atoms with van der Waals surface area (Å²) in [6, 6.07) is 8.26. The molecule has 0 bridgehead atoms. The highest BCUT2D eigenvalue weighted by atomic mass is 32.2. The number of thioether (sulfide) groups is 1. The number of benzene rings is 1. The molecule has 3 rings (SSSR count). The van der Waals surface area contributed by atoms with Gasteiger partial charge >= 0.3 is 5.97 Å². The van der Waals surface area contributed by atoms with Crippen LogP contribution in [0.25, 0.3) is 11.4 Å². The molecule has 0 radical (unpaired) electrons. The van der Waals surface area contributed by atoms with Gasteiger partial charge in [0.2, 0.25) is 5.16 Å². The van der Waals surface area contributed by atoms with Crippen LogP contribution >= 0.6 is 11.8 Å². The maximum absolute atomic E-state index is 10.8. The van der Waals surface area contributed by atoms with Crippen LogP contribution in [-0.2, 0) is 4.79 Å². The molecule has 2 N–H and O–H groups in total. The molecule has 0 fully saturated rings. The van der Waals surface area contributed by atoms with Crippen molar-refractivity contribution in [3.8, 4) is 17.1 Å². The van der Waals surface area contributed by atoms with Crippen LogP contribution in [0.4, 0.5) is 0 Å². The van der Waals surface area contributed by atoms with Crippen LogP contribution in [0.5, 0.6) is 5.75 Å². The summed E-state index contributed by atoms with van der Waals surface area (Å²) < 4.78 is 6.77. The van der Waals surface area contributed by atoms with E-state index < -0.39 is 5.97 Å². The maximum Gasteiger partial charge on any atom is 0.313 e. The molecule has 1 aromatic carbocycles. The number of hydrogen-bond donors (Lipinski definition) is 2. The minimum absolute atomic E-state index is 0.156. The van der Waals surface area contributed by atoms with E-state index in [1.165, 1.54) is 10.9 Å². The molecular weight excluding hydrogens is 344 g/mol. The van der Waals surface area contributed by atoms with E-state index in [9.17, 15) is 9.90 Å². The number of furan rings is 1. The lowest BCUT2D eigenvalue weighted by Crippen LogP contribution is -2.01. The predicted molar refractivity (Wildman–Crippen MR) is 91.9 cm³/mol. The van der Waals surface area contributed by atoms with Crippen LogP contribution in [0.1, 0.15) is 11.3 Å². The molecule has 0 saturated carbocycles. The molecule has 2 aromatic heterocycles. The molecule has 8 nitrogen and oxygen atoms in total. The first kappa shape index (κ1) is 16.8. The van der Waals surface area contributed by atoms with Gasteiger partial charge in [0.05, 0.1) is 23.8 Å². The molecule has 0 saturated heterocycles.